The van der Waals surface area contributed by atoms with Crippen LogP contribution in [-0.2, 0) is 11.3 Å². The second-order valence-corrected chi connectivity index (χ2v) is 6.11. The number of aromatic nitrogens is 1. The van der Waals surface area contributed by atoms with Gasteiger partial charge in [0, 0.05) is 18.1 Å². The Morgan fingerprint density at radius 2 is 2.40 bits per heavy atom. The second kappa shape index (κ2) is 7.04. The molecular weight excluding hydrogens is 387 g/mol. The fourth-order valence-corrected chi connectivity index (χ4v) is 3.51. The molecule has 2 fully saturated rings. The number of rotatable bonds is 3. The van der Waals surface area contributed by atoms with Crippen LogP contribution >= 0.6 is 35.3 Å². The summed E-state index contributed by atoms with van der Waals surface area (Å²) >= 11 is 1.68. The van der Waals surface area contributed by atoms with Crippen LogP contribution in [0.3, 0.4) is 0 Å². The van der Waals surface area contributed by atoms with Gasteiger partial charge in [-0.2, -0.15) is 0 Å². The Hall–Kier alpha value is -0.410. The molecule has 7 heteroatoms. The van der Waals surface area contributed by atoms with Gasteiger partial charge in [0.1, 0.15) is 5.01 Å². The van der Waals surface area contributed by atoms with Crippen LogP contribution in [0.2, 0.25) is 0 Å². The van der Waals surface area contributed by atoms with Crippen molar-refractivity contribution in [1.29, 1.82) is 0 Å². The summed E-state index contributed by atoms with van der Waals surface area (Å²) in [6, 6.07) is 0.406. The monoisotopic (exact) mass is 408 g/mol. The average molecular weight is 408 g/mol. The maximum Gasteiger partial charge on any atom is 0.191 e. The lowest BCUT2D eigenvalue weighted by Crippen LogP contribution is -2.47. The Kier molecular flexibility index (Phi) is 5.62. The maximum atomic E-state index is 5.84. The molecule has 2 aliphatic rings. The van der Waals surface area contributed by atoms with Crippen LogP contribution < -0.4 is 10.6 Å². The molecule has 0 aromatic carbocycles. The number of nitrogens with zero attached hydrogens (tertiary/aromatic N) is 2. The SMILES string of the molecule is CN=C(NCc1nc(C)cs1)NC1CC2CCC1O2.I. The van der Waals surface area contributed by atoms with Crippen molar-refractivity contribution in [3.8, 4) is 0 Å². The van der Waals surface area contributed by atoms with Crippen LogP contribution in [-0.4, -0.2) is 36.2 Å². The van der Waals surface area contributed by atoms with Crippen LogP contribution in [0.15, 0.2) is 10.4 Å². The molecule has 2 N–H and O–H groups in total. The summed E-state index contributed by atoms with van der Waals surface area (Å²) in [7, 11) is 1.80. The first-order chi connectivity index (χ1) is 9.24. The first kappa shape index (κ1) is 16.0. The molecule has 0 saturated carbocycles. The van der Waals surface area contributed by atoms with Gasteiger partial charge in [0.05, 0.1) is 24.8 Å². The quantitative estimate of drug-likeness (QED) is 0.457. The lowest BCUT2D eigenvalue weighted by Gasteiger charge is -2.22. The molecule has 0 radical (unpaired) electrons. The highest BCUT2D eigenvalue weighted by Crippen LogP contribution is 2.34. The molecule has 2 aliphatic heterocycles. The zero-order valence-electron chi connectivity index (χ0n) is 11.8. The van der Waals surface area contributed by atoms with E-state index < -0.39 is 0 Å². The van der Waals surface area contributed by atoms with Crippen molar-refractivity contribution in [3.63, 3.8) is 0 Å². The highest BCUT2D eigenvalue weighted by atomic mass is 127. The van der Waals surface area contributed by atoms with E-state index in [1.807, 2.05) is 6.92 Å². The van der Waals surface area contributed by atoms with Crippen molar-refractivity contribution >= 4 is 41.3 Å². The van der Waals surface area contributed by atoms with E-state index in [4.69, 9.17) is 4.74 Å². The normalized spacial score (nSPS) is 28.3. The Balaban J connectivity index is 0.00000147. The number of halogens is 1. The van der Waals surface area contributed by atoms with Crippen molar-refractivity contribution in [1.82, 2.24) is 15.6 Å². The Morgan fingerprint density at radius 1 is 1.55 bits per heavy atom. The number of thiazole rings is 1. The van der Waals surface area contributed by atoms with Gasteiger partial charge in [-0.05, 0) is 26.2 Å². The molecule has 0 aliphatic carbocycles. The van der Waals surface area contributed by atoms with Crippen molar-refractivity contribution in [2.75, 3.05) is 7.05 Å². The molecule has 3 heterocycles. The molecule has 3 atom stereocenters. The Bertz CT molecular complexity index is 479. The summed E-state index contributed by atoms with van der Waals surface area (Å²) in [6.07, 6.45) is 4.31. The fourth-order valence-electron chi connectivity index (χ4n) is 2.80. The standard InChI is InChI=1S/C13H20N4OS.HI/c1-8-7-19-12(16-8)6-15-13(14-2)17-10-5-9-3-4-11(10)18-9;/h7,9-11H,3-6H2,1-2H3,(H2,14,15,17);1H. The van der Waals surface area contributed by atoms with Gasteiger partial charge in [-0.25, -0.2) is 4.98 Å². The van der Waals surface area contributed by atoms with E-state index in [1.165, 1.54) is 12.8 Å². The summed E-state index contributed by atoms with van der Waals surface area (Å²) in [4.78, 5) is 8.71. The molecule has 3 rings (SSSR count). The van der Waals surface area contributed by atoms with Crippen molar-refractivity contribution in [2.45, 2.75) is 51.0 Å². The first-order valence-corrected chi connectivity index (χ1v) is 7.66. The largest absolute Gasteiger partial charge is 0.373 e. The fraction of sp³-hybridized carbons (Fsp3) is 0.692. The molecule has 0 amide bonds. The molecule has 20 heavy (non-hydrogen) atoms. The van der Waals surface area contributed by atoms with Gasteiger partial charge in [0.25, 0.3) is 0 Å². The topological polar surface area (TPSA) is 58.5 Å². The predicted molar refractivity (Wildman–Crippen MR) is 91.9 cm³/mol. The number of hydrogen-bond acceptors (Lipinski definition) is 4. The third-order valence-corrected chi connectivity index (χ3v) is 4.69. The van der Waals surface area contributed by atoms with E-state index in [2.05, 4.69) is 26.0 Å². The second-order valence-electron chi connectivity index (χ2n) is 5.17. The molecule has 3 unspecified atom stereocenters. The van der Waals surface area contributed by atoms with Crippen LogP contribution in [0.4, 0.5) is 0 Å². The number of ether oxygens (including phenoxy) is 1. The summed E-state index contributed by atoms with van der Waals surface area (Å²) in [5.41, 5.74) is 1.08. The predicted octanol–water partition coefficient (Wildman–Crippen LogP) is 2.05. The number of fused-ring (bicyclic) bond motifs is 2. The molecule has 2 saturated heterocycles. The Labute approximate surface area is 140 Å². The summed E-state index contributed by atoms with van der Waals surface area (Å²) in [5, 5.41) is 9.94. The van der Waals surface area contributed by atoms with Crippen LogP contribution in [0, 0.1) is 6.92 Å². The van der Waals surface area contributed by atoms with Crippen LogP contribution in [0.5, 0.6) is 0 Å². The molecule has 5 nitrogen and oxygen atoms in total. The molecule has 1 aromatic rings. The van der Waals surface area contributed by atoms with E-state index in [0.717, 1.165) is 29.6 Å². The first-order valence-electron chi connectivity index (χ1n) is 6.78. The van der Waals surface area contributed by atoms with Crippen molar-refractivity contribution in [3.05, 3.63) is 16.1 Å². The minimum atomic E-state index is 0. The smallest absolute Gasteiger partial charge is 0.191 e. The molecule has 2 bridgehead atoms. The number of nitrogens with one attached hydrogen (secondary N) is 2. The third-order valence-electron chi connectivity index (χ3n) is 3.73. The maximum absolute atomic E-state index is 5.84. The molecule has 0 spiro atoms. The zero-order valence-corrected chi connectivity index (χ0v) is 14.9. The van der Waals surface area contributed by atoms with Gasteiger partial charge in [0.15, 0.2) is 5.96 Å². The third kappa shape index (κ3) is 3.62. The van der Waals surface area contributed by atoms with Gasteiger partial charge in [-0.3, -0.25) is 4.99 Å². The van der Waals surface area contributed by atoms with E-state index in [1.54, 1.807) is 18.4 Å². The van der Waals surface area contributed by atoms with Gasteiger partial charge < -0.3 is 15.4 Å². The highest BCUT2D eigenvalue weighted by molar-refractivity contribution is 14.0. The minimum Gasteiger partial charge on any atom is -0.373 e. The van der Waals surface area contributed by atoms with Gasteiger partial charge in [-0.15, -0.1) is 35.3 Å². The zero-order chi connectivity index (χ0) is 13.2. The van der Waals surface area contributed by atoms with Crippen LogP contribution in [0.25, 0.3) is 0 Å². The van der Waals surface area contributed by atoms with Gasteiger partial charge >= 0.3 is 0 Å². The van der Waals surface area contributed by atoms with Gasteiger partial charge in [-0.1, -0.05) is 0 Å². The molecule has 1 aromatic heterocycles. The summed E-state index contributed by atoms with van der Waals surface area (Å²) in [6.45, 7) is 2.74. The van der Waals surface area contributed by atoms with Crippen molar-refractivity contribution in [2.24, 2.45) is 4.99 Å². The highest BCUT2D eigenvalue weighted by Gasteiger charge is 2.41. The number of aliphatic imine (C=N–C) groups is 1. The van der Waals surface area contributed by atoms with E-state index in [0.29, 0.717) is 18.2 Å². The van der Waals surface area contributed by atoms with E-state index in [9.17, 15) is 0 Å². The van der Waals surface area contributed by atoms with E-state index >= 15 is 0 Å². The average Bonchev–Trinajstić information content (AvgIpc) is 3.11. The van der Waals surface area contributed by atoms with Gasteiger partial charge in [0.2, 0.25) is 0 Å². The van der Waals surface area contributed by atoms with E-state index in [-0.39, 0.29) is 24.0 Å². The summed E-state index contributed by atoms with van der Waals surface area (Å²) < 4.78 is 5.84. The number of aryl methyl sites for hydroxylation is 1. The summed E-state index contributed by atoms with van der Waals surface area (Å²) in [5.74, 6) is 0.842. The molecular formula is C13H21IN4OS. The lowest BCUT2D eigenvalue weighted by molar-refractivity contribution is 0.0992. The molecule has 112 valence electrons. The van der Waals surface area contributed by atoms with Crippen LogP contribution in [0.1, 0.15) is 30.0 Å². The number of hydrogen-bond donors (Lipinski definition) is 2. The van der Waals surface area contributed by atoms with Crippen molar-refractivity contribution < 1.29 is 4.74 Å². The Morgan fingerprint density at radius 3 is 2.95 bits per heavy atom. The lowest BCUT2D eigenvalue weighted by atomic mass is 9.96. The number of guanidine groups is 1. The minimum absolute atomic E-state index is 0.